The van der Waals surface area contributed by atoms with Crippen LogP contribution in [0.3, 0.4) is 0 Å². The Morgan fingerprint density at radius 2 is 1.89 bits per heavy atom. The Balaban J connectivity index is 3.28. The summed E-state index contributed by atoms with van der Waals surface area (Å²) in [5.74, 6) is -1.46. The number of carbonyl (C=O) groups excluding carboxylic acids is 1. The van der Waals surface area contributed by atoms with Crippen LogP contribution in [0.5, 0.6) is 0 Å². The minimum Gasteiger partial charge on any atom is -0.477 e. The molecule has 0 aliphatic rings. The van der Waals surface area contributed by atoms with Gasteiger partial charge in [-0.3, -0.25) is 4.79 Å². The highest BCUT2D eigenvalue weighted by Gasteiger charge is 2.32. The summed E-state index contributed by atoms with van der Waals surface area (Å²) in [7, 11) is -3.35. The Morgan fingerprint density at radius 1 is 1.37 bits per heavy atom. The fraction of sp³-hybridized carbons (Fsp3) is 0.500. The molecule has 1 N–H and O–H groups in total. The predicted molar refractivity (Wildman–Crippen MR) is 70.3 cm³/mol. The molecule has 0 radical (unpaired) electrons. The topological polar surface area (TPSA) is 93.4 Å². The van der Waals surface area contributed by atoms with Crippen LogP contribution in [0.2, 0.25) is 0 Å². The van der Waals surface area contributed by atoms with Crippen molar-refractivity contribution in [3.05, 3.63) is 23.5 Å². The van der Waals surface area contributed by atoms with Crippen molar-refractivity contribution in [1.29, 1.82) is 0 Å². The predicted octanol–water partition coefficient (Wildman–Crippen LogP) is 1.21. The number of sulfone groups is 1. The minimum atomic E-state index is -3.35. The number of ketones is 1. The van der Waals surface area contributed by atoms with Gasteiger partial charge >= 0.3 is 5.97 Å². The van der Waals surface area contributed by atoms with E-state index in [0.29, 0.717) is 0 Å². The van der Waals surface area contributed by atoms with Crippen molar-refractivity contribution in [1.82, 2.24) is 4.57 Å². The summed E-state index contributed by atoms with van der Waals surface area (Å²) >= 11 is 0. The number of carboxylic acid groups (broad SMARTS) is 1. The zero-order valence-electron chi connectivity index (χ0n) is 11.3. The number of Topliss-reactive ketones (excluding diaryl/α,β-unsaturated/α-hetero) is 1. The first kappa shape index (κ1) is 15.4. The van der Waals surface area contributed by atoms with Crippen molar-refractivity contribution in [3.63, 3.8) is 0 Å². The molecule has 0 aliphatic heterocycles. The average molecular weight is 287 g/mol. The SMILES string of the molecule is CC(=O)c1cc(C(=O)O)n(CC(C)(C)S(C)(=O)=O)c1. The van der Waals surface area contributed by atoms with Gasteiger partial charge in [0.15, 0.2) is 15.6 Å². The third-order valence-electron chi connectivity index (χ3n) is 3.08. The normalized spacial score (nSPS) is 12.4. The van der Waals surface area contributed by atoms with Crippen LogP contribution in [-0.4, -0.2) is 40.8 Å². The van der Waals surface area contributed by atoms with E-state index in [2.05, 4.69) is 0 Å². The van der Waals surface area contributed by atoms with E-state index in [0.717, 1.165) is 6.26 Å². The molecule has 0 fully saturated rings. The van der Waals surface area contributed by atoms with E-state index >= 15 is 0 Å². The first-order valence-corrected chi connectivity index (χ1v) is 7.49. The third kappa shape index (κ3) is 3.23. The summed E-state index contributed by atoms with van der Waals surface area (Å²) in [5.41, 5.74) is 0.156. The maximum absolute atomic E-state index is 11.7. The average Bonchev–Trinajstić information content (AvgIpc) is 2.59. The summed E-state index contributed by atoms with van der Waals surface area (Å²) in [6, 6.07) is 1.25. The van der Waals surface area contributed by atoms with Gasteiger partial charge in [0, 0.05) is 24.6 Å². The second-order valence-corrected chi connectivity index (χ2v) is 7.78. The molecule has 0 spiro atoms. The van der Waals surface area contributed by atoms with Gasteiger partial charge < -0.3 is 9.67 Å². The quantitative estimate of drug-likeness (QED) is 0.822. The lowest BCUT2D eigenvalue weighted by atomic mass is 10.2. The first-order chi connectivity index (χ1) is 8.45. The Morgan fingerprint density at radius 3 is 2.26 bits per heavy atom. The van der Waals surface area contributed by atoms with Gasteiger partial charge in [-0.15, -0.1) is 0 Å². The van der Waals surface area contributed by atoms with Crippen LogP contribution in [0.15, 0.2) is 12.3 Å². The second-order valence-electron chi connectivity index (χ2n) is 5.14. The van der Waals surface area contributed by atoms with E-state index in [9.17, 15) is 18.0 Å². The van der Waals surface area contributed by atoms with E-state index in [1.807, 2.05) is 0 Å². The van der Waals surface area contributed by atoms with Crippen molar-refractivity contribution in [2.45, 2.75) is 32.1 Å². The van der Waals surface area contributed by atoms with Crippen molar-refractivity contribution in [3.8, 4) is 0 Å². The van der Waals surface area contributed by atoms with Gasteiger partial charge in [0.2, 0.25) is 0 Å². The molecule has 0 atom stereocenters. The van der Waals surface area contributed by atoms with Crippen LogP contribution in [0, 0.1) is 0 Å². The highest BCUT2D eigenvalue weighted by molar-refractivity contribution is 7.92. The monoisotopic (exact) mass is 287 g/mol. The zero-order chi connectivity index (χ0) is 15.0. The molecule has 106 valence electrons. The molecule has 1 aromatic heterocycles. The maximum atomic E-state index is 11.7. The van der Waals surface area contributed by atoms with Gasteiger partial charge in [-0.05, 0) is 26.8 Å². The molecule has 0 unspecified atom stereocenters. The lowest BCUT2D eigenvalue weighted by Crippen LogP contribution is -2.36. The van der Waals surface area contributed by atoms with E-state index in [4.69, 9.17) is 5.11 Å². The van der Waals surface area contributed by atoms with Gasteiger partial charge in [0.1, 0.15) is 5.69 Å². The van der Waals surface area contributed by atoms with E-state index < -0.39 is 20.6 Å². The highest BCUT2D eigenvalue weighted by atomic mass is 32.2. The van der Waals surface area contributed by atoms with E-state index in [1.165, 1.54) is 37.6 Å². The summed E-state index contributed by atoms with van der Waals surface area (Å²) in [6.07, 6.45) is 2.47. The summed E-state index contributed by atoms with van der Waals surface area (Å²) in [4.78, 5) is 22.4. The maximum Gasteiger partial charge on any atom is 0.352 e. The van der Waals surface area contributed by atoms with Crippen LogP contribution >= 0.6 is 0 Å². The Labute approximate surface area is 112 Å². The number of aromatic nitrogens is 1. The zero-order valence-corrected chi connectivity index (χ0v) is 12.1. The molecule has 7 heteroatoms. The first-order valence-electron chi connectivity index (χ1n) is 5.60. The van der Waals surface area contributed by atoms with Gasteiger partial charge in [0.05, 0.1) is 4.75 Å². The molecular weight excluding hydrogens is 270 g/mol. The van der Waals surface area contributed by atoms with Crippen LogP contribution < -0.4 is 0 Å². The molecule has 0 amide bonds. The largest absolute Gasteiger partial charge is 0.477 e. The van der Waals surface area contributed by atoms with Crippen molar-refractivity contribution in [2.75, 3.05) is 6.26 Å². The summed E-state index contributed by atoms with van der Waals surface area (Å²) in [6.45, 7) is 4.33. The van der Waals surface area contributed by atoms with Gasteiger partial charge in [0.25, 0.3) is 0 Å². The molecule has 6 nitrogen and oxygen atoms in total. The fourth-order valence-electron chi connectivity index (χ4n) is 1.54. The molecule has 1 aromatic rings. The molecular formula is C12H17NO5S. The van der Waals surface area contributed by atoms with Crippen molar-refractivity contribution in [2.24, 2.45) is 0 Å². The van der Waals surface area contributed by atoms with E-state index in [1.54, 1.807) is 0 Å². The molecule has 19 heavy (non-hydrogen) atoms. The molecule has 0 saturated heterocycles. The number of aromatic carboxylic acids is 1. The molecule has 0 saturated carbocycles. The summed E-state index contributed by atoms with van der Waals surface area (Å²) in [5, 5.41) is 9.08. The van der Waals surface area contributed by atoms with Crippen LogP contribution in [0.4, 0.5) is 0 Å². The van der Waals surface area contributed by atoms with Gasteiger partial charge in [-0.1, -0.05) is 0 Å². The minimum absolute atomic E-state index is 0.0270. The van der Waals surface area contributed by atoms with Crippen LogP contribution in [0.1, 0.15) is 41.6 Å². The number of nitrogens with zero attached hydrogens (tertiary/aromatic N) is 1. The van der Waals surface area contributed by atoms with Crippen molar-refractivity contribution >= 4 is 21.6 Å². The van der Waals surface area contributed by atoms with Crippen LogP contribution in [0.25, 0.3) is 0 Å². The second kappa shape index (κ2) is 4.80. The smallest absolute Gasteiger partial charge is 0.352 e. The van der Waals surface area contributed by atoms with Gasteiger partial charge in [-0.2, -0.15) is 0 Å². The lowest BCUT2D eigenvalue weighted by molar-refractivity contribution is 0.0684. The molecule has 0 aliphatic carbocycles. The summed E-state index contributed by atoms with van der Waals surface area (Å²) < 4.78 is 23.5. The Hall–Kier alpha value is -1.63. The number of carbonyl (C=O) groups is 2. The van der Waals surface area contributed by atoms with E-state index in [-0.39, 0.29) is 23.6 Å². The van der Waals surface area contributed by atoms with Crippen molar-refractivity contribution < 1.29 is 23.1 Å². The lowest BCUT2D eigenvalue weighted by Gasteiger charge is -2.23. The molecule has 0 aromatic carbocycles. The standard InChI is InChI=1S/C12H17NO5S/c1-8(14)9-5-10(11(15)16)13(6-9)7-12(2,3)19(4,17)18/h5-6H,7H2,1-4H3,(H,15,16). The van der Waals surface area contributed by atoms with Gasteiger partial charge in [-0.25, -0.2) is 13.2 Å². The van der Waals surface area contributed by atoms with Crippen LogP contribution in [-0.2, 0) is 16.4 Å². The number of hydrogen-bond donors (Lipinski definition) is 1. The number of hydrogen-bond acceptors (Lipinski definition) is 4. The fourth-order valence-corrected chi connectivity index (χ4v) is 1.91. The Kier molecular flexibility index (Phi) is 3.90. The molecule has 0 bridgehead atoms. The molecule has 1 rings (SSSR count). The number of carboxylic acids is 1. The molecule has 1 heterocycles. The third-order valence-corrected chi connectivity index (χ3v) is 5.21. The number of rotatable bonds is 5. The highest BCUT2D eigenvalue weighted by Crippen LogP contribution is 2.21. The Bertz CT molecular complexity index is 625.